The first-order chi connectivity index (χ1) is 38.4. The van der Waals surface area contributed by atoms with Gasteiger partial charge < -0.3 is 4.42 Å². The van der Waals surface area contributed by atoms with Crippen LogP contribution in [0, 0.1) is 17.8 Å². The summed E-state index contributed by atoms with van der Waals surface area (Å²) in [5.74, 6) is 0.994. The van der Waals surface area contributed by atoms with Crippen LogP contribution in [0.3, 0.4) is 0 Å². The van der Waals surface area contributed by atoms with Crippen molar-refractivity contribution < 1.29 is 4.42 Å². The van der Waals surface area contributed by atoms with Crippen LogP contribution < -0.4 is 10.6 Å². The lowest BCUT2D eigenvalue weighted by atomic mass is 9.69. The van der Waals surface area contributed by atoms with Gasteiger partial charge in [-0.05, 0) is 162 Å². The molecule has 1 spiro atoms. The summed E-state index contributed by atoms with van der Waals surface area (Å²) in [4.78, 5) is 6.17. The molecule has 1 aromatic heterocycles. The van der Waals surface area contributed by atoms with Crippen molar-refractivity contribution in [3.63, 3.8) is 0 Å². The molecule has 6 atom stereocenters. The Morgan fingerprint density at radius 3 is 1.90 bits per heavy atom. The van der Waals surface area contributed by atoms with Gasteiger partial charge in [-0.2, -0.15) is 0 Å². The van der Waals surface area contributed by atoms with E-state index in [4.69, 9.17) is 9.41 Å². The van der Waals surface area contributed by atoms with E-state index < -0.39 is 5.41 Å². The summed E-state index contributed by atoms with van der Waals surface area (Å²) < 4.78 is 6.85. The largest absolute Gasteiger partial charge is 0.456 e. The molecule has 2 nitrogen and oxygen atoms in total. The number of fused-ring (bicyclic) bond motifs is 17. The van der Waals surface area contributed by atoms with Gasteiger partial charge >= 0.3 is 0 Å². The number of aliphatic imine (C=N–C) groups is 1. The molecule has 0 saturated heterocycles. The fourth-order valence-electron chi connectivity index (χ4n) is 15.5. The van der Waals surface area contributed by atoms with E-state index in [0.717, 1.165) is 36.7 Å². The summed E-state index contributed by atoms with van der Waals surface area (Å²) in [6, 6.07) is 80.2. The average Bonchev–Trinajstić information content (AvgIpc) is 3.56. The summed E-state index contributed by atoms with van der Waals surface area (Å²) in [5.41, 5.74) is 28.6. The zero-order valence-corrected chi connectivity index (χ0v) is 45.0. The molecule has 0 saturated carbocycles. The van der Waals surface area contributed by atoms with Crippen LogP contribution in [0.15, 0.2) is 227 Å². The quantitative estimate of drug-likeness (QED) is 0.163. The highest BCUT2D eigenvalue weighted by Crippen LogP contribution is 2.65. The van der Waals surface area contributed by atoms with Crippen molar-refractivity contribution in [3.8, 4) is 44.5 Å². The molecule has 6 unspecified atom stereocenters. The van der Waals surface area contributed by atoms with Crippen LogP contribution in [-0.4, -0.2) is 11.8 Å². The summed E-state index contributed by atoms with van der Waals surface area (Å²) in [5, 5.41) is 2.42. The molecule has 0 radical (unpaired) electrons. The van der Waals surface area contributed by atoms with Gasteiger partial charge in [0.1, 0.15) is 11.0 Å². The predicted octanol–water partition coefficient (Wildman–Crippen LogP) is 17.5. The lowest BCUT2D eigenvalue weighted by Gasteiger charge is -2.35. The fourth-order valence-corrected chi connectivity index (χ4v) is 15.5. The molecule has 9 aromatic carbocycles. The molecular weight excluding hydrogens is 943 g/mol. The molecular formula is C76H63NO. The number of nitrogens with zero attached hydrogens (tertiary/aromatic N) is 1. The number of hydrogen-bond acceptors (Lipinski definition) is 2. The molecule has 2 heteroatoms. The van der Waals surface area contributed by atoms with Gasteiger partial charge in [0.2, 0.25) is 0 Å². The van der Waals surface area contributed by atoms with Crippen molar-refractivity contribution >= 4 is 34.4 Å². The smallest absolute Gasteiger partial charge is 0.136 e. The number of furan rings is 1. The Balaban J connectivity index is 0.892. The van der Waals surface area contributed by atoms with Gasteiger partial charge in [0.15, 0.2) is 0 Å². The molecule has 5 aliphatic rings. The second kappa shape index (κ2) is 18.4. The molecule has 0 bridgehead atoms. The first-order valence-electron chi connectivity index (χ1n) is 28.7. The van der Waals surface area contributed by atoms with Gasteiger partial charge in [-0.25, -0.2) is 0 Å². The van der Waals surface area contributed by atoms with E-state index in [2.05, 4.69) is 252 Å². The molecule has 378 valence electrons. The lowest BCUT2D eigenvalue weighted by Crippen LogP contribution is -2.36. The maximum atomic E-state index is 6.85. The highest BCUT2D eigenvalue weighted by atomic mass is 16.3. The van der Waals surface area contributed by atoms with E-state index in [0.29, 0.717) is 5.92 Å². The minimum atomic E-state index is -0.400. The van der Waals surface area contributed by atoms with Crippen LogP contribution >= 0.6 is 0 Å². The lowest BCUT2D eigenvalue weighted by molar-refractivity contribution is 0.354. The number of benzene rings is 9. The van der Waals surface area contributed by atoms with E-state index in [1.165, 1.54) is 122 Å². The van der Waals surface area contributed by atoms with Gasteiger partial charge in [0.05, 0.1) is 11.5 Å². The number of hydrogen-bond donors (Lipinski definition) is 0. The van der Waals surface area contributed by atoms with Crippen LogP contribution in [0.4, 0.5) is 0 Å². The molecule has 2 heterocycles. The molecule has 0 amide bonds. The first kappa shape index (κ1) is 46.9. The van der Waals surface area contributed by atoms with Crippen molar-refractivity contribution in [2.24, 2.45) is 22.7 Å². The van der Waals surface area contributed by atoms with Gasteiger partial charge in [0.25, 0.3) is 0 Å². The van der Waals surface area contributed by atoms with Crippen LogP contribution in [0.5, 0.6) is 0 Å². The molecule has 1 aliphatic heterocycles. The molecule has 78 heavy (non-hydrogen) atoms. The van der Waals surface area contributed by atoms with Gasteiger partial charge in [0, 0.05) is 28.2 Å². The third-order valence-electron chi connectivity index (χ3n) is 19.3. The zero-order valence-electron chi connectivity index (χ0n) is 45.0. The monoisotopic (exact) mass is 1010 g/mol. The molecule has 0 N–H and O–H groups in total. The van der Waals surface area contributed by atoms with E-state index >= 15 is 0 Å². The van der Waals surface area contributed by atoms with E-state index in [1.807, 2.05) is 0 Å². The zero-order chi connectivity index (χ0) is 52.2. The Kier molecular flexibility index (Phi) is 11.1. The second-order valence-corrected chi connectivity index (χ2v) is 23.0. The van der Waals surface area contributed by atoms with Crippen molar-refractivity contribution in [2.45, 2.75) is 76.7 Å². The minimum absolute atomic E-state index is 0.0468. The summed E-state index contributed by atoms with van der Waals surface area (Å²) in [6.45, 7) is 9.72. The average molecular weight is 1010 g/mol. The number of allylic oxidation sites excluding steroid dienone is 2. The second-order valence-electron chi connectivity index (χ2n) is 23.0. The van der Waals surface area contributed by atoms with Crippen molar-refractivity contribution in [1.29, 1.82) is 0 Å². The summed E-state index contributed by atoms with van der Waals surface area (Å²) in [7, 11) is 0. The highest BCUT2D eigenvalue weighted by Gasteiger charge is 2.53. The number of rotatable bonds is 6. The third-order valence-corrected chi connectivity index (χ3v) is 19.3. The summed E-state index contributed by atoms with van der Waals surface area (Å²) in [6.07, 6.45) is 8.78. The Morgan fingerprint density at radius 2 is 1.17 bits per heavy atom. The van der Waals surface area contributed by atoms with E-state index in [1.54, 1.807) is 0 Å². The third kappa shape index (κ3) is 6.97. The molecule has 4 aliphatic carbocycles. The van der Waals surface area contributed by atoms with Crippen LogP contribution in [0.2, 0.25) is 0 Å². The Bertz CT molecular complexity index is 4200. The van der Waals surface area contributed by atoms with Crippen molar-refractivity contribution in [1.82, 2.24) is 0 Å². The molecule has 15 rings (SSSR count). The van der Waals surface area contributed by atoms with Crippen LogP contribution in [-0.2, 0) is 11.8 Å². The minimum Gasteiger partial charge on any atom is -0.456 e. The van der Waals surface area contributed by atoms with E-state index in [-0.39, 0.29) is 29.7 Å². The van der Waals surface area contributed by atoms with Crippen molar-refractivity contribution in [3.05, 3.63) is 279 Å². The molecule has 10 aromatic rings. The Morgan fingerprint density at radius 1 is 0.551 bits per heavy atom. The van der Waals surface area contributed by atoms with Crippen LogP contribution in [0.25, 0.3) is 73.2 Å². The highest BCUT2D eigenvalue weighted by molar-refractivity contribution is 6.05. The SMILES string of the molecule is CCC1C/C(c2ccccc2)=C(\C)C(C)C(c2cccc(C3Cc4ccccc4-c4ccc5c(c4C3C)-c3ccccc3C53c4ccccc4-c4ccccc43)c2)=NC1C1C=c2oc3cccc(-c4ccccc4)c3c2=CC1. The van der Waals surface area contributed by atoms with Gasteiger partial charge in [-0.15, -0.1) is 0 Å². The van der Waals surface area contributed by atoms with Crippen LogP contribution in [0.1, 0.15) is 109 Å². The maximum absolute atomic E-state index is 6.85. The first-order valence-corrected chi connectivity index (χ1v) is 28.7. The van der Waals surface area contributed by atoms with Gasteiger partial charge in [-0.1, -0.05) is 239 Å². The molecule has 0 fully saturated rings. The Hall–Kier alpha value is -8.33. The maximum Gasteiger partial charge on any atom is 0.136 e. The van der Waals surface area contributed by atoms with Gasteiger partial charge in [-0.3, -0.25) is 4.99 Å². The predicted molar refractivity (Wildman–Crippen MR) is 324 cm³/mol. The summed E-state index contributed by atoms with van der Waals surface area (Å²) >= 11 is 0. The standard InChI is InChI=1S/C76H63NO/c1-5-49-43-63(51-24-10-7-11-25-51)46(2)47(3)74(77-75(49)55-38-39-62-70(45-55)78-69-37-21-33-57(72(62)69)50-22-8-6-9-23-50)54-28-20-27-52(42-54)64-44-53-26-12-13-29-56(53)60-40-41-68-73(71(60)48(64)4)61-32-16-19-36-67(61)76(68)65-34-17-14-30-58(65)59-31-15-18-35-66(59)76/h6-37,39-42,45,47-49,55,64,75H,5,38,43-44H2,1-4H3/b63-46-,77-74?. The fraction of sp³-hybridized carbons (Fsp3) is 0.197. The Labute approximate surface area is 458 Å². The topological polar surface area (TPSA) is 25.5 Å². The normalized spacial score (nSPS) is 22.2. The van der Waals surface area contributed by atoms with E-state index in [9.17, 15) is 0 Å². The van der Waals surface area contributed by atoms with Crippen molar-refractivity contribution in [2.75, 3.05) is 0 Å².